The third-order valence-electron chi connectivity index (χ3n) is 3.39. The molecule has 4 heteroatoms. The fourth-order valence-corrected chi connectivity index (χ4v) is 4.44. The zero-order chi connectivity index (χ0) is 13.2. The van der Waals surface area contributed by atoms with Crippen LogP contribution >= 0.6 is 22.7 Å². The van der Waals surface area contributed by atoms with Gasteiger partial charge in [-0.3, -0.25) is 11.3 Å². The predicted molar refractivity (Wildman–Crippen MR) is 84.6 cm³/mol. The van der Waals surface area contributed by atoms with Crippen molar-refractivity contribution in [2.24, 2.45) is 5.84 Å². The first-order valence-corrected chi connectivity index (χ1v) is 7.95. The quantitative estimate of drug-likeness (QED) is 0.562. The molecule has 0 aliphatic heterocycles. The zero-order valence-corrected chi connectivity index (χ0v) is 12.4. The molecule has 2 heterocycles. The Hall–Kier alpha value is -1.20. The highest BCUT2D eigenvalue weighted by Gasteiger charge is 2.15. The Kier molecular flexibility index (Phi) is 3.66. The summed E-state index contributed by atoms with van der Waals surface area (Å²) in [5.41, 5.74) is 5.63. The largest absolute Gasteiger partial charge is 0.271 e. The lowest BCUT2D eigenvalue weighted by Gasteiger charge is -2.15. The third kappa shape index (κ3) is 2.58. The first kappa shape index (κ1) is 12.8. The Bertz CT molecular complexity index is 656. The standard InChI is InChI=1S/C15H16N2S2/c1-10-4-2-3-5-11(10)8-12(17-16)14-9-15-13(19-14)6-7-18-15/h2-7,9,12,17H,8,16H2,1H3. The van der Waals surface area contributed by atoms with Crippen LogP contribution in [0.3, 0.4) is 0 Å². The number of aryl methyl sites for hydroxylation is 1. The van der Waals surface area contributed by atoms with E-state index < -0.39 is 0 Å². The number of benzene rings is 1. The summed E-state index contributed by atoms with van der Waals surface area (Å²) in [6, 6.07) is 13.1. The Labute approximate surface area is 120 Å². The summed E-state index contributed by atoms with van der Waals surface area (Å²) >= 11 is 3.62. The summed E-state index contributed by atoms with van der Waals surface area (Å²) in [6.45, 7) is 2.15. The molecule has 2 aromatic heterocycles. The van der Waals surface area contributed by atoms with Crippen molar-refractivity contribution in [3.8, 4) is 0 Å². The van der Waals surface area contributed by atoms with Crippen LogP contribution in [0.2, 0.25) is 0 Å². The molecule has 2 nitrogen and oxygen atoms in total. The highest BCUT2D eigenvalue weighted by Crippen LogP contribution is 2.34. The maximum Gasteiger partial charge on any atom is 0.0594 e. The first-order valence-electron chi connectivity index (χ1n) is 6.25. The molecule has 0 aliphatic carbocycles. The zero-order valence-electron chi connectivity index (χ0n) is 10.7. The van der Waals surface area contributed by atoms with Gasteiger partial charge in [0, 0.05) is 14.3 Å². The van der Waals surface area contributed by atoms with Gasteiger partial charge in [-0.1, -0.05) is 24.3 Å². The maximum absolute atomic E-state index is 5.75. The molecule has 0 saturated heterocycles. The van der Waals surface area contributed by atoms with Gasteiger partial charge in [-0.15, -0.1) is 22.7 Å². The molecule has 0 fully saturated rings. The Morgan fingerprint density at radius 1 is 1.21 bits per heavy atom. The van der Waals surface area contributed by atoms with Gasteiger partial charge >= 0.3 is 0 Å². The summed E-state index contributed by atoms with van der Waals surface area (Å²) in [6.07, 6.45) is 0.928. The van der Waals surface area contributed by atoms with Gasteiger partial charge in [0.15, 0.2) is 0 Å². The van der Waals surface area contributed by atoms with Gasteiger partial charge in [-0.25, -0.2) is 0 Å². The summed E-state index contributed by atoms with van der Waals surface area (Å²) in [4.78, 5) is 1.31. The molecule has 1 unspecified atom stereocenters. The van der Waals surface area contributed by atoms with E-state index in [-0.39, 0.29) is 6.04 Å². The van der Waals surface area contributed by atoms with Gasteiger partial charge < -0.3 is 0 Å². The summed E-state index contributed by atoms with van der Waals surface area (Å²) < 4.78 is 2.70. The lowest BCUT2D eigenvalue weighted by atomic mass is 10.0. The van der Waals surface area contributed by atoms with Crippen LogP contribution in [0.5, 0.6) is 0 Å². The third-order valence-corrected chi connectivity index (χ3v) is 5.60. The molecule has 3 rings (SSSR count). The van der Waals surface area contributed by atoms with Crippen LogP contribution in [0.4, 0.5) is 0 Å². The van der Waals surface area contributed by atoms with Crippen molar-refractivity contribution in [1.82, 2.24) is 5.43 Å². The second kappa shape index (κ2) is 5.43. The smallest absolute Gasteiger partial charge is 0.0594 e. The number of hydrogen-bond acceptors (Lipinski definition) is 4. The van der Waals surface area contributed by atoms with Crippen molar-refractivity contribution in [3.63, 3.8) is 0 Å². The molecule has 0 radical (unpaired) electrons. The Morgan fingerprint density at radius 3 is 2.79 bits per heavy atom. The maximum atomic E-state index is 5.75. The average molecular weight is 288 g/mol. The van der Waals surface area contributed by atoms with E-state index in [0.717, 1.165) is 6.42 Å². The van der Waals surface area contributed by atoms with E-state index >= 15 is 0 Å². The number of nitrogens with one attached hydrogen (secondary N) is 1. The minimum atomic E-state index is 0.186. The first-order chi connectivity index (χ1) is 9.28. The van der Waals surface area contributed by atoms with Gasteiger partial charge in [0.2, 0.25) is 0 Å². The van der Waals surface area contributed by atoms with E-state index in [1.165, 1.54) is 25.4 Å². The molecule has 0 bridgehead atoms. The Morgan fingerprint density at radius 2 is 2.05 bits per heavy atom. The lowest BCUT2D eigenvalue weighted by Crippen LogP contribution is -2.29. The highest BCUT2D eigenvalue weighted by molar-refractivity contribution is 7.26. The second-order valence-corrected chi connectivity index (χ2v) is 6.71. The van der Waals surface area contributed by atoms with Gasteiger partial charge in [0.05, 0.1) is 6.04 Å². The van der Waals surface area contributed by atoms with Crippen LogP contribution in [0.15, 0.2) is 41.8 Å². The van der Waals surface area contributed by atoms with Crippen molar-refractivity contribution in [1.29, 1.82) is 0 Å². The van der Waals surface area contributed by atoms with Crippen molar-refractivity contribution in [3.05, 3.63) is 57.8 Å². The van der Waals surface area contributed by atoms with E-state index in [4.69, 9.17) is 5.84 Å². The predicted octanol–water partition coefficient (Wildman–Crippen LogP) is 4.02. The molecule has 3 aromatic rings. The van der Waals surface area contributed by atoms with Crippen molar-refractivity contribution >= 4 is 32.1 Å². The fraction of sp³-hybridized carbons (Fsp3) is 0.200. The summed E-state index contributed by atoms with van der Waals surface area (Å²) in [5.74, 6) is 5.75. The second-order valence-electron chi connectivity index (χ2n) is 4.65. The molecule has 98 valence electrons. The summed E-state index contributed by atoms with van der Waals surface area (Å²) in [7, 11) is 0. The summed E-state index contributed by atoms with van der Waals surface area (Å²) in [5, 5.41) is 2.14. The Balaban J connectivity index is 1.88. The number of hydrogen-bond donors (Lipinski definition) is 2. The fourth-order valence-electron chi connectivity index (χ4n) is 2.26. The van der Waals surface area contributed by atoms with Crippen LogP contribution in [0.1, 0.15) is 22.0 Å². The molecular formula is C15H16N2S2. The molecule has 1 aromatic carbocycles. The molecule has 19 heavy (non-hydrogen) atoms. The minimum absolute atomic E-state index is 0.186. The molecule has 1 atom stereocenters. The molecule has 3 N–H and O–H groups in total. The van der Waals surface area contributed by atoms with E-state index in [1.54, 1.807) is 11.3 Å². The molecule has 0 aliphatic rings. The van der Waals surface area contributed by atoms with Crippen LogP contribution < -0.4 is 11.3 Å². The average Bonchev–Trinajstić information content (AvgIpc) is 2.98. The van der Waals surface area contributed by atoms with Gasteiger partial charge in [0.1, 0.15) is 0 Å². The normalized spacial score (nSPS) is 12.9. The van der Waals surface area contributed by atoms with E-state index in [0.29, 0.717) is 0 Å². The van der Waals surface area contributed by atoms with Gasteiger partial charge in [-0.05, 0) is 42.0 Å². The minimum Gasteiger partial charge on any atom is -0.271 e. The van der Waals surface area contributed by atoms with Crippen molar-refractivity contribution in [2.75, 3.05) is 0 Å². The van der Waals surface area contributed by atoms with Crippen LogP contribution in [-0.4, -0.2) is 0 Å². The van der Waals surface area contributed by atoms with Crippen LogP contribution in [0.25, 0.3) is 9.40 Å². The van der Waals surface area contributed by atoms with Gasteiger partial charge in [-0.2, -0.15) is 0 Å². The number of nitrogens with two attached hydrogens (primary N) is 1. The number of hydrazine groups is 1. The molecule has 0 saturated carbocycles. The SMILES string of the molecule is Cc1ccccc1CC(NN)c1cc2sccc2s1. The van der Waals surface area contributed by atoms with Crippen molar-refractivity contribution < 1.29 is 0 Å². The van der Waals surface area contributed by atoms with Crippen molar-refractivity contribution in [2.45, 2.75) is 19.4 Å². The molecule has 0 spiro atoms. The monoisotopic (exact) mass is 288 g/mol. The van der Waals surface area contributed by atoms with E-state index in [9.17, 15) is 0 Å². The van der Waals surface area contributed by atoms with E-state index in [2.05, 4.69) is 54.1 Å². The lowest BCUT2D eigenvalue weighted by molar-refractivity contribution is 0.560. The van der Waals surface area contributed by atoms with Crippen LogP contribution in [0, 0.1) is 6.92 Å². The number of thiophene rings is 2. The number of rotatable bonds is 4. The van der Waals surface area contributed by atoms with E-state index in [1.807, 2.05) is 11.3 Å². The molecule has 0 amide bonds. The number of fused-ring (bicyclic) bond motifs is 1. The highest BCUT2D eigenvalue weighted by atomic mass is 32.1. The molecular weight excluding hydrogens is 272 g/mol. The van der Waals surface area contributed by atoms with Crippen LogP contribution in [-0.2, 0) is 6.42 Å². The topological polar surface area (TPSA) is 38.0 Å². The van der Waals surface area contributed by atoms with Gasteiger partial charge in [0.25, 0.3) is 0 Å².